The van der Waals surface area contributed by atoms with Crippen LogP contribution < -0.4 is 9.47 Å². The van der Waals surface area contributed by atoms with Gasteiger partial charge in [-0.3, -0.25) is 0 Å². The maximum absolute atomic E-state index is 5.56. The van der Waals surface area contributed by atoms with Gasteiger partial charge in [-0.2, -0.15) is 0 Å². The summed E-state index contributed by atoms with van der Waals surface area (Å²) in [5, 5.41) is 2.56. The molecule has 0 aliphatic carbocycles. The highest BCUT2D eigenvalue weighted by atomic mass is 16.7. The summed E-state index contributed by atoms with van der Waals surface area (Å²) in [6.45, 7) is 4.85. The zero-order valence-electron chi connectivity index (χ0n) is 13.5. The summed E-state index contributed by atoms with van der Waals surface area (Å²) in [6, 6.07) is 21.6. The smallest absolute Gasteiger partial charge is 0.231 e. The molecule has 1 heterocycles. The third-order valence-corrected chi connectivity index (χ3v) is 5.10. The fourth-order valence-electron chi connectivity index (χ4n) is 3.35. The molecule has 0 fully saturated rings. The molecule has 0 amide bonds. The van der Waals surface area contributed by atoms with Gasteiger partial charge in [0.05, 0.1) is 0 Å². The second-order valence-electron chi connectivity index (χ2n) is 6.32. The molecule has 0 saturated heterocycles. The first-order valence-corrected chi connectivity index (χ1v) is 8.10. The molecule has 3 aromatic carbocycles. The quantitative estimate of drug-likeness (QED) is 0.655. The third-order valence-electron chi connectivity index (χ3n) is 5.10. The van der Waals surface area contributed by atoms with Crippen molar-refractivity contribution in [1.82, 2.24) is 0 Å². The van der Waals surface area contributed by atoms with Crippen molar-refractivity contribution in [2.45, 2.75) is 25.7 Å². The zero-order valence-corrected chi connectivity index (χ0v) is 13.5. The number of hydrogen-bond acceptors (Lipinski definition) is 2. The van der Waals surface area contributed by atoms with E-state index in [4.69, 9.17) is 9.47 Å². The predicted octanol–water partition coefficient (Wildman–Crippen LogP) is 5.28. The molecule has 0 radical (unpaired) electrons. The summed E-state index contributed by atoms with van der Waals surface area (Å²) in [6.07, 6.45) is 1.02. The molecule has 2 nitrogen and oxygen atoms in total. The Hall–Kier alpha value is -2.48. The van der Waals surface area contributed by atoms with E-state index in [1.807, 2.05) is 6.07 Å². The highest BCUT2D eigenvalue weighted by Crippen LogP contribution is 2.41. The maximum Gasteiger partial charge on any atom is 0.231 e. The summed E-state index contributed by atoms with van der Waals surface area (Å²) < 4.78 is 11.0. The van der Waals surface area contributed by atoms with Crippen LogP contribution in [0, 0.1) is 0 Å². The van der Waals surface area contributed by atoms with Crippen molar-refractivity contribution in [3.63, 3.8) is 0 Å². The Balaban J connectivity index is 1.84. The van der Waals surface area contributed by atoms with E-state index in [0.29, 0.717) is 6.79 Å². The van der Waals surface area contributed by atoms with Gasteiger partial charge in [0.1, 0.15) is 0 Å². The zero-order chi connectivity index (χ0) is 15.9. The topological polar surface area (TPSA) is 18.5 Å². The first-order valence-electron chi connectivity index (χ1n) is 8.10. The van der Waals surface area contributed by atoms with Crippen LogP contribution in [-0.2, 0) is 5.41 Å². The van der Waals surface area contributed by atoms with E-state index < -0.39 is 0 Å². The molecule has 1 aliphatic rings. The van der Waals surface area contributed by atoms with Gasteiger partial charge >= 0.3 is 0 Å². The fourth-order valence-corrected chi connectivity index (χ4v) is 3.35. The Kier molecular flexibility index (Phi) is 3.26. The van der Waals surface area contributed by atoms with E-state index in [9.17, 15) is 0 Å². The molecule has 3 aromatic rings. The van der Waals surface area contributed by atoms with Crippen LogP contribution in [0.5, 0.6) is 11.5 Å². The Bertz CT molecular complexity index is 869. The van der Waals surface area contributed by atoms with E-state index in [1.54, 1.807) is 0 Å². The summed E-state index contributed by atoms with van der Waals surface area (Å²) in [5.41, 5.74) is 2.54. The predicted molar refractivity (Wildman–Crippen MR) is 93.3 cm³/mol. The van der Waals surface area contributed by atoms with Crippen LogP contribution in [0.1, 0.15) is 31.4 Å². The van der Waals surface area contributed by atoms with Crippen molar-refractivity contribution >= 4 is 10.8 Å². The molecule has 23 heavy (non-hydrogen) atoms. The lowest BCUT2D eigenvalue weighted by Crippen LogP contribution is -2.22. The average molecular weight is 304 g/mol. The number of ether oxygens (including phenoxy) is 2. The summed E-state index contributed by atoms with van der Waals surface area (Å²) in [5.74, 6) is 1.69. The van der Waals surface area contributed by atoms with Crippen molar-refractivity contribution in [3.8, 4) is 11.5 Å². The van der Waals surface area contributed by atoms with Crippen molar-refractivity contribution in [2.75, 3.05) is 6.79 Å². The summed E-state index contributed by atoms with van der Waals surface area (Å²) >= 11 is 0. The lowest BCUT2D eigenvalue weighted by atomic mass is 9.74. The van der Waals surface area contributed by atoms with Crippen LogP contribution in [0.4, 0.5) is 0 Å². The van der Waals surface area contributed by atoms with Crippen LogP contribution in [0.3, 0.4) is 0 Å². The highest BCUT2D eigenvalue weighted by molar-refractivity contribution is 5.83. The maximum atomic E-state index is 5.56. The molecular weight excluding hydrogens is 284 g/mol. The lowest BCUT2D eigenvalue weighted by molar-refractivity contribution is 0.174. The van der Waals surface area contributed by atoms with E-state index in [-0.39, 0.29) is 5.41 Å². The fraction of sp³-hybridized carbons (Fsp3) is 0.238. The van der Waals surface area contributed by atoms with Gasteiger partial charge in [0.2, 0.25) is 6.79 Å². The Labute approximate surface area is 136 Å². The Morgan fingerprint density at radius 3 is 2.35 bits per heavy atom. The first-order chi connectivity index (χ1) is 11.2. The van der Waals surface area contributed by atoms with Crippen LogP contribution in [0.15, 0.2) is 60.7 Å². The van der Waals surface area contributed by atoms with Crippen molar-refractivity contribution < 1.29 is 9.47 Å². The molecule has 0 saturated carbocycles. The molecule has 116 valence electrons. The van der Waals surface area contributed by atoms with Gasteiger partial charge in [-0.05, 0) is 40.5 Å². The van der Waals surface area contributed by atoms with E-state index in [0.717, 1.165) is 17.9 Å². The molecule has 0 aromatic heterocycles. The minimum absolute atomic E-state index is 0.0506. The molecule has 1 atom stereocenters. The van der Waals surface area contributed by atoms with Gasteiger partial charge in [-0.25, -0.2) is 0 Å². The molecule has 0 N–H and O–H groups in total. The van der Waals surface area contributed by atoms with Crippen molar-refractivity contribution in [3.05, 3.63) is 71.8 Å². The molecular formula is C21H20O2. The van der Waals surface area contributed by atoms with Gasteiger partial charge in [-0.15, -0.1) is 0 Å². The van der Waals surface area contributed by atoms with Crippen LogP contribution in [0.2, 0.25) is 0 Å². The van der Waals surface area contributed by atoms with Gasteiger partial charge in [0.15, 0.2) is 11.5 Å². The van der Waals surface area contributed by atoms with Crippen LogP contribution in [-0.4, -0.2) is 6.79 Å². The Morgan fingerprint density at radius 1 is 0.826 bits per heavy atom. The minimum Gasteiger partial charge on any atom is -0.454 e. The number of fused-ring (bicyclic) bond motifs is 2. The van der Waals surface area contributed by atoms with Gasteiger partial charge in [-0.1, -0.05) is 62.4 Å². The van der Waals surface area contributed by atoms with E-state index >= 15 is 0 Å². The normalized spacial score (nSPS) is 15.6. The molecule has 1 aliphatic heterocycles. The number of rotatable bonds is 3. The minimum atomic E-state index is -0.0506. The number of hydrogen-bond donors (Lipinski definition) is 0. The van der Waals surface area contributed by atoms with E-state index in [2.05, 4.69) is 68.4 Å². The van der Waals surface area contributed by atoms with Crippen molar-refractivity contribution in [1.29, 1.82) is 0 Å². The standard InChI is InChI=1S/C21H20O2/c1-3-21(2,18-10-11-19-20(13-18)23-14-22-19)17-9-8-15-6-4-5-7-16(15)12-17/h4-13H,3,14H2,1-2H3/t21-/m0/s1. The van der Waals surface area contributed by atoms with Crippen LogP contribution in [0.25, 0.3) is 10.8 Å². The molecule has 4 rings (SSSR count). The monoisotopic (exact) mass is 304 g/mol. The highest BCUT2D eigenvalue weighted by Gasteiger charge is 2.29. The second-order valence-corrected chi connectivity index (χ2v) is 6.32. The molecule has 2 heteroatoms. The molecule has 0 spiro atoms. The second kappa shape index (κ2) is 5.31. The van der Waals surface area contributed by atoms with Gasteiger partial charge < -0.3 is 9.47 Å². The number of benzene rings is 3. The largest absolute Gasteiger partial charge is 0.454 e. The third kappa shape index (κ3) is 2.26. The van der Waals surface area contributed by atoms with Crippen LogP contribution >= 0.6 is 0 Å². The SMILES string of the molecule is CC[C@](C)(c1ccc2c(c1)OCO2)c1ccc2ccccc2c1. The van der Waals surface area contributed by atoms with Gasteiger partial charge in [0, 0.05) is 5.41 Å². The molecule has 0 bridgehead atoms. The summed E-state index contributed by atoms with van der Waals surface area (Å²) in [7, 11) is 0. The average Bonchev–Trinajstić information content (AvgIpc) is 3.08. The van der Waals surface area contributed by atoms with E-state index in [1.165, 1.54) is 21.9 Å². The first kappa shape index (κ1) is 14.1. The van der Waals surface area contributed by atoms with Crippen molar-refractivity contribution in [2.24, 2.45) is 0 Å². The lowest BCUT2D eigenvalue weighted by Gasteiger charge is -2.30. The Morgan fingerprint density at radius 2 is 1.52 bits per heavy atom. The molecule has 0 unspecified atom stereocenters. The summed E-state index contributed by atoms with van der Waals surface area (Å²) in [4.78, 5) is 0. The van der Waals surface area contributed by atoms with Gasteiger partial charge in [0.25, 0.3) is 0 Å².